The summed E-state index contributed by atoms with van der Waals surface area (Å²) in [7, 11) is 0. The minimum absolute atomic E-state index is 0.0374. The Morgan fingerprint density at radius 3 is 2.61 bits per heavy atom. The lowest BCUT2D eigenvalue weighted by Gasteiger charge is -2.46. The Hall–Kier alpha value is -1.55. The Kier molecular flexibility index (Phi) is 3.07. The van der Waals surface area contributed by atoms with Crippen molar-refractivity contribution in [1.29, 1.82) is 0 Å². The zero-order chi connectivity index (χ0) is 13.5. The molecule has 0 bridgehead atoms. The minimum atomic E-state index is -0.588. The van der Waals surface area contributed by atoms with Crippen molar-refractivity contribution in [3.05, 3.63) is 23.8 Å². The third kappa shape index (κ3) is 1.77. The second kappa shape index (κ2) is 4.28. The minimum Gasteiger partial charge on any atom is -0.392 e. The molecule has 0 aliphatic carbocycles. The maximum absolute atomic E-state index is 12.2. The van der Waals surface area contributed by atoms with E-state index in [-0.39, 0.29) is 18.6 Å². The van der Waals surface area contributed by atoms with Crippen LogP contribution in [0.4, 0.5) is 11.4 Å². The fourth-order valence-electron chi connectivity index (χ4n) is 2.66. The number of anilines is 2. The highest BCUT2D eigenvalue weighted by Gasteiger charge is 2.41. The molecular formula is C14H20N2O2. The summed E-state index contributed by atoms with van der Waals surface area (Å²) >= 11 is 0. The molecular weight excluding hydrogens is 228 g/mol. The van der Waals surface area contributed by atoms with Crippen LogP contribution in [-0.4, -0.2) is 22.6 Å². The summed E-state index contributed by atoms with van der Waals surface area (Å²) < 4.78 is 0. The van der Waals surface area contributed by atoms with Gasteiger partial charge in [-0.3, -0.25) is 4.79 Å². The SMILES string of the molecule is CC(C)N1c2cccc(CO)c2NC(=O)C1(C)C. The zero-order valence-electron chi connectivity index (χ0n) is 11.3. The summed E-state index contributed by atoms with van der Waals surface area (Å²) in [6.07, 6.45) is 0. The van der Waals surface area contributed by atoms with Crippen LogP contribution in [0.1, 0.15) is 33.3 Å². The van der Waals surface area contributed by atoms with E-state index in [2.05, 4.69) is 24.1 Å². The molecule has 0 atom stereocenters. The highest BCUT2D eigenvalue weighted by molar-refractivity contribution is 6.07. The molecule has 0 radical (unpaired) electrons. The van der Waals surface area contributed by atoms with Gasteiger partial charge in [0.1, 0.15) is 5.54 Å². The second-order valence-corrected chi connectivity index (χ2v) is 5.45. The maximum atomic E-state index is 12.2. The second-order valence-electron chi connectivity index (χ2n) is 5.45. The highest BCUT2D eigenvalue weighted by atomic mass is 16.3. The summed E-state index contributed by atoms with van der Waals surface area (Å²) in [5.41, 5.74) is 1.87. The van der Waals surface area contributed by atoms with Gasteiger partial charge in [0.25, 0.3) is 0 Å². The number of rotatable bonds is 2. The van der Waals surface area contributed by atoms with Crippen molar-refractivity contribution >= 4 is 17.3 Å². The number of hydrogen-bond acceptors (Lipinski definition) is 3. The third-order valence-corrected chi connectivity index (χ3v) is 3.47. The number of para-hydroxylation sites is 1. The molecule has 1 aromatic rings. The number of benzene rings is 1. The number of nitrogens with one attached hydrogen (secondary N) is 1. The average molecular weight is 248 g/mol. The van der Waals surface area contributed by atoms with Crippen LogP contribution < -0.4 is 10.2 Å². The first-order valence-electron chi connectivity index (χ1n) is 6.23. The third-order valence-electron chi connectivity index (χ3n) is 3.47. The molecule has 1 heterocycles. The van der Waals surface area contributed by atoms with Crippen molar-refractivity contribution in [2.24, 2.45) is 0 Å². The number of carbonyl (C=O) groups is 1. The quantitative estimate of drug-likeness (QED) is 0.843. The Balaban J connectivity index is 2.64. The standard InChI is InChI=1S/C14H20N2O2/c1-9(2)16-11-7-5-6-10(8-17)12(11)15-13(18)14(16,3)4/h5-7,9,17H,8H2,1-4H3,(H,15,18). The van der Waals surface area contributed by atoms with Crippen molar-refractivity contribution in [2.45, 2.75) is 45.9 Å². The number of nitrogens with zero attached hydrogens (tertiary/aromatic N) is 1. The van der Waals surface area contributed by atoms with Gasteiger partial charge in [-0.2, -0.15) is 0 Å². The molecule has 1 amide bonds. The molecule has 0 spiro atoms. The molecule has 0 saturated carbocycles. The molecule has 18 heavy (non-hydrogen) atoms. The van der Waals surface area contributed by atoms with Crippen molar-refractivity contribution in [1.82, 2.24) is 0 Å². The lowest BCUT2D eigenvalue weighted by Crippen LogP contribution is -2.58. The molecule has 0 saturated heterocycles. The van der Waals surface area contributed by atoms with Gasteiger partial charge in [-0.15, -0.1) is 0 Å². The van der Waals surface area contributed by atoms with Gasteiger partial charge in [-0.1, -0.05) is 12.1 Å². The lowest BCUT2D eigenvalue weighted by atomic mass is 9.93. The summed E-state index contributed by atoms with van der Waals surface area (Å²) in [5.74, 6) is -0.0374. The molecule has 2 rings (SSSR count). The Morgan fingerprint density at radius 1 is 1.39 bits per heavy atom. The van der Waals surface area contributed by atoms with Gasteiger partial charge >= 0.3 is 0 Å². The van der Waals surface area contributed by atoms with Gasteiger partial charge in [0.05, 0.1) is 18.0 Å². The average Bonchev–Trinajstić information content (AvgIpc) is 2.29. The van der Waals surface area contributed by atoms with E-state index < -0.39 is 5.54 Å². The molecule has 0 aromatic heterocycles. The smallest absolute Gasteiger partial charge is 0.249 e. The van der Waals surface area contributed by atoms with Crippen LogP contribution in [-0.2, 0) is 11.4 Å². The first-order chi connectivity index (χ1) is 8.39. The van der Waals surface area contributed by atoms with Crippen LogP contribution in [0.5, 0.6) is 0 Å². The normalized spacial score (nSPS) is 17.7. The van der Waals surface area contributed by atoms with Crippen molar-refractivity contribution in [3.8, 4) is 0 Å². The molecule has 1 aliphatic rings. The van der Waals surface area contributed by atoms with Crippen LogP contribution in [0.3, 0.4) is 0 Å². The van der Waals surface area contributed by atoms with E-state index in [9.17, 15) is 9.90 Å². The van der Waals surface area contributed by atoms with Gasteiger partial charge in [0.15, 0.2) is 0 Å². The molecule has 0 fully saturated rings. The molecule has 1 aromatic carbocycles. The Bertz CT molecular complexity index is 481. The van der Waals surface area contributed by atoms with Crippen molar-refractivity contribution in [3.63, 3.8) is 0 Å². The molecule has 98 valence electrons. The first-order valence-corrected chi connectivity index (χ1v) is 6.23. The first kappa shape index (κ1) is 12.9. The lowest BCUT2D eigenvalue weighted by molar-refractivity contribution is -0.120. The number of carbonyl (C=O) groups excluding carboxylic acids is 1. The van der Waals surface area contributed by atoms with Gasteiger partial charge < -0.3 is 15.3 Å². The predicted molar refractivity (Wildman–Crippen MR) is 72.7 cm³/mol. The van der Waals surface area contributed by atoms with Gasteiger partial charge in [0.2, 0.25) is 5.91 Å². The van der Waals surface area contributed by atoms with E-state index in [1.165, 1.54) is 0 Å². The zero-order valence-corrected chi connectivity index (χ0v) is 11.3. The maximum Gasteiger partial charge on any atom is 0.249 e. The van der Waals surface area contributed by atoms with Gasteiger partial charge in [-0.05, 0) is 33.8 Å². The van der Waals surface area contributed by atoms with Gasteiger partial charge in [-0.25, -0.2) is 0 Å². The number of aliphatic hydroxyl groups is 1. The van der Waals surface area contributed by atoms with Crippen LogP contribution >= 0.6 is 0 Å². The van der Waals surface area contributed by atoms with E-state index in [1.54, 1.807) is 0 Å². The monoisotopic (exact) mass is 248 g/mol. The number of hydrogen-bond donors (Lipinski definition) is 2. The van der Waals surface area contributed by atoms with Crippen molar-refractivity contribution < 1.29 is 9.90 Å². The van der Waals surface area contributed by atoms with Crippen molar-refractivity contribution in [2.75, 3.05) is 10.2 Å². The van der Waals surface area contributed by atoms with E-state index in [1.807, 2.05) is 32.0 Å². The summed E-state index contributed by atoms with van der Waals surface area (Å²) in [6.45, 7) is 7.88. The molecule has 1 aliphatic heterocycles. The fraction of sp³-hybridized carbons (Fsp3) is 0.500. The Labute approximate surface area is 108 Å². The van der Waals surface area contributed by atoms with Crippen LogP contribution in [0.15, 0.2) is 18.2 Å². The fourth-order valence-corrected chi connectivity index (χ4v) is 2.66. The van der Waals surface area contributed by atoms with E-state index in [0.717, 1.165) is 16.9 Å². The van der Waals surface area contributed by atoms with Crippen LogP contribution in [0, 0.1) is 0 Å². The molecule has 2 N–H and O–H groups in total. The Morgan fingerprint density at radius 2 is 2.06 bits per heavy atom. The van der Waals surface area contributed by atoms with E-state index in [0.29, 0.717) is 0 Å². The summed E-state index contributed by atoms with van der Waals surface area (Å²) in [5, 5.41) is 12.3. The molecule has 4 nitrogen and oxygen atoms in total. The largest absolute Gasteiger partial charge is 0.392 e. The van der Waals surface area contributed by atoms with E-state index >= 15 is 0 Å². The predicted octanol–water partition coefficient (Wildman–Crippen LogP) is 2.12. The number of amides is 1. The molecule has 0 unspecified atom stereocenters. The van der Waals surface area contributed by atoms with E-state index in [4.69, 9.17) is 0 Å². The summed E-state index contributed by atoms with van der Waals surface area (Å²) in [6, 6.07) is 5.93. The van der Waals surface area contributed by atoms with Gasteiger partial charge in [0, 0.05) is 11.6 Å². The highest BCUT2D eigenvalue weighted by Crippen LogP contribution is 2.40. The van der Waals surface area contributed by atoms with Crippen LogP contribution in [0.2, 0.25) is 0 Å². The number of fused-ring (bicyclic) bond motifs is 1. The summed E-state index contributed by atoms with van der Waals surface area (Å²) in [4.78, 5) is 14.3. The topological polar surface area (TPSA) is 52.6 Å². The molecule has 4 heteroatoms. The van der Waals surface area contributed by atoms with Crippen LogP contribution in [0.25, 0.3) is 0 Å². The number of aliphatic hydroxyl groups excluding tert-OH is 1.